The Morgan fingerprint density at radius 2 is 1.58 bits per heavy atom. The average molecular weight is 441 g/mol. The quantitative estimate of drug-likeness (QED) is 0.403. The minimum atomic E-state index is -4.78. The van der Waals surface area contributed by atoms with Gasteiger partial charge in [-0.3, -0.25) is 9.59 Å². The van der Waals surface area contributed by atoms with Gasteiger partial charge in [0.1, 0.15) is 15.8 Å². The molecule has 3 aromatic carbocycles. The number of nitrogens with zero attached hydrogens (tertiary/aromatic N) is 2. The molecule has 0 aliphatic heterocycles. The smallest absolute Gasteiger partial charge is 0.221 e. The topological polar surface area (TPSA) is 160 Å². The van der Waals surface area contributed by atoms with Gasteiger partial charge < -0.3 is 20.3 Å². The lowest BCUT2D eigenvalue weighted by Crippen LogP contribution is -2.08. The van der Waals surface area contributed by atoms with E-state index < -0.39 is 20.9 Å². The predicted molar refractivity (Wildman–Crippen MR) is 113 cm³/mol. The summed E-state index contributed by atoms with van der Waals surface area (Å²) < 4.78 is 34.3. The molecule has 10 nitrogen and oxygen atoms in total. The average Bonchev–Trinajstić information content (AvgIpc) is 2.66. The Balaban J connectivity index is 2.04. The minimum absolute atomic E-state index is 0.0476. The van der Waals surface area contributed by atoms with Crippen LogP contribution in [-0.4, -0.2) is 29.9 Å². The monoisotopic (exact) mass is 441 g/mol. The maximum absolute atomic E-state index is 11.5. The molecule has 0 aliphatic carbocycles. The standard InChI is InChI=1S/C20H18N4O6S/c1-11(25)21-14-4-6-15(7-5-14)23-24-17-8-3-13-9-16(31(28,29)30)10-18(22-12(2)26)19(13)20(17)27/h3-10,27H,1-2H3,(H,21,25)(H,22,26)(H,28,29,30)/p-1. The molecule has 0 heterocycles. The van der Waals surface area contributed by atoms with Gasteiger partial charge in [-0.25, -0.2) is 8.42 Å². The molecule has 0 unspecified atom stereocenters. The van der Waals surface area contributed by atoms with E-state index in [1.54, 1.807) is 24.3 Å². The molecule has 2 amide bonds. The van der Waals surface area contributed by atoms with Crippen molar-refractivity contribution in [3.63, 3.8) is 0 Å². The van der Waals surface area contributed by atoms with E-state index in [0.717, 1.165) is 12.1 Å². The molecule has 0 saturated heterocycles. The second-order valence-electron chi connectivity index (χ2n) is 6.57. The molecular weight excluding hydrogens is 424 g/mol. The number of nitrogens with one attached hydrogen (secondary N) is 2. The van der Waals surface area contributed by atoms with Crippen LogP contribution in [0.5, 0.6) is 5.75 Å². The number of carbonyl (C=O) groups excluding carboxylic acids is 2. The van der Waals surface area contributed by atoms with Gasteiger partial charge in [0.15, 0.2) is 5.75 Å². The Labute approximate surface area is 177 Å². The van der Waals surface area contributed by atoms with E-state index in [9.17, 15) is 27.7 Å². The number of rotatable bonds is 5. The number of azo groups is 1. The zero-order chi connectivity index (χ0) is 22.8. The Morgan fingerprint density at radius 1 is 0.935 bits per heavy atom. The molecule has 31 heavy (non-hydrogen) atoms. The summed E-state index contributed by atoms with van der Waals surface area (Å²) in [5.74, 6) is -1.08. The third-order valence-corrected chi connectivity index (χ3v) is 4.92. The summed E-state index contributed by atoms with van der Waals surface area (Å²) in [5.41, 5.74) is 1.05. The zero-order valence-corrected chi connectivity index (χ0v) is 17.2. The van der Waals surface area contributed by atoms with E-state index in [-0.39, 0.29) is 33.8 Å². The van der Waals surface area contributed by atoms with Gasteiger partial charge >= 0.3 is 0 Å². The number of fused-ring (bicyclic) bond motifs is 1. The molecule has 11 heteroatoms. The highest BCUT2D eigenvalue weighted by Crippen LogP contribution is 2.41. The van der Waals surface area contributed by atoms with Crippen LogP contribution in [0.3, 0.4) is 0 Å². The molecule has 0 atom stereocenters. The van der Waals surface area contributed by atoms with Crippen molar-refractivity contribution in [2.24, 2.45) is 10.2 Å². The fraction of sp³-hybridized carbons (Fsp3) is 0.100. The van der Waals surface area contributed by atoms with Gasteiger partial charge in [0.05, 0.1) is 16.3 Å². The van der Waals surface area contributed by atoms with Crippen LogP contribution in [-0.2, 0) is 19.7 Å². The lowest BCUT2D eigenvalue weighted by molar-refractivity contribution is -0.115. The summed E-state index contributed by atoms with van der Waals surface area (Å²) in [7, 11) is -4.78. The first-order chi connectivity index (χ1) is 14.5. The summed E-state index contributed by atoms with van der Waals surface area (Å²) >= 11 is 0. The van der Waals surface area contributed by atoms with Gasteiger partial charge in [-0.1, -0.05) is 6.07 Å². The third kappa shape index (κ3) is 5.21. The number of carbonyl (C=O) groups is 2. The van der Waals surface area contributed by atoms with Crippen molar-refractivity contribution in [2.45, 2.75) is 18.7 Å². The maximum Gasteiger partial charge on any atom is 0.221 e. The second kappa shape index (κ2) is 8.50. The van der Waals surface area contributed by atoms with Crippen molar-refractivity contribution >= 4 is 55.5 Å². The van der Waals surface area contributed by atoms with Crippen LogP contribution in [0.25, 0.3) is 10.8 Å². The molecule has 3 N–H and O–H groups in total. The van der Waals surface area contributed by atoms with E-state index in [4.69, 9.17) is 0 Å². The van der Waals surface area contributed by atoms with Crippen molar-refractivity contribution in [2.75, 3.05) is 10.6 Å². The van der Waals surface area contributed by atoms with Gasteiger partial charge in [0, 0.05) is 24.9 Å². The SMILES string of the molecule is CC(=O)Nc1ccc(N=Nc2ccc3cc(S(=O)(=O)[O-])cc(NC(C)=O)c3c2O)cc1. The van der Waals surface area contributed by atoms with Crippen LogP contribution >= 0.6 is 0 Å². The molecular formula is C20H17N4O6S-. The number of phenolic OH excluding ortho intramolecular Hbond substituents is 1. The number of aromatic hydroxyl groups is 1. The van der Waals surface area contributed by atoms with Crippen molar-refractivity contribution in [3.05, 3.63) is 48.5 Å². The van der Waals surface area contributed by atoms with E-state index in [1.807, 2.05) is 0 Å². The fourth-order valence-corrected chi connectivity index (χ4v) is 3.38. The highest BCUT2D eigenvalue weighted by Gasteiger charge is 2.15. The van der Waals surface area contributed by atoms with Crippen LogP contribution in [0.2, 0.25) is 0 Å². The predicted octanol–water partition coefficient (Wildman–Crippen LogP) is 3.78. The van der Waals surface area contributed by atoms with Crippen LogP contribution in [0.1, 0.15) is 13.8 Å². The number of hydrogen-bond acceptors (Lipinski definition) is 8. The van der Waals surface area contributed by atoms with Crippen LogP contribution < -0.4 is 10.6 Å². The Bertz CT molecular complexity index is 1320. The van der Waals surface area contributed by atoms with Gasteiger partial charge in [0.2, 0.25) is 11.8 Å². The number of phenols is 1. The molecule has 0 fully saturated rings. The van der Waals surface area contributed by atoms with Gasteiger partial charge in [0.25, 0.3) is 0 Å². The van der Waals surface area contributed by atoms with Crippen LogP contribution in [0, 0.1) is 0 Å². The van der Waals surface area contributed by atoms with Crippen molar-refractivity contribution in [3.8, 4) is 5.75 Å². The van der Waals surface area contributed by atoms with E-state index in [1.165, 1.54) is 26.0 Å². The van der Waals surface area contributed by atoms with Crippen LogP contribution in [0.15, 0.2) is 63.7 Å². The third-order valence-electron chi connectivity index (χ3n) is 4.10. The molecule has 0 saturated carbocycles. The van der Waals surface area contributed by atoms with Crippen LogP contribution in [0.4, 0.5) is 22.7 Å². The zero-order valence-electron chi connectivity index (χ0n) is 16.4. The minimum Gasteiger partial charge on any atom is -0.744 e. The van der Waals surface area contributed by atoms with E-state index >= 15 is 0 Å². The lowest BCUT2D eigenvalue weighted by atomic mass is 10.1. The molecule has 0 aliphatic rings. The number of anilines is 2. The molecule has 0 bridgehead atoms. The molecule has 0 aromatic heterocycles. The fourth-order valence-electron chi connectivity index (χ4n) is 2.85. The number of benzene rings is 3. The number of amides is 2. The summed E-state index contributed by atoms with van der Waals surface area (Å²) in [6.45, 7) is 2.59. The molecule has 160 valence electrons. The Morgan fingerprint density at radius 3 is 2.16 bits per heavy atom. The highest BCUT2D eigenvalue weighted by molar-refractivity contribution is 7.85. The maximum atomic E-state index is 11.5. The van der Waals surface area contributed by atoms with E-state index in [0.29, 0.717) is 11.4 Å². The first-order valence-corrected chi connectivity index (χ1v) is 10.3. The van der Waals surface area contributed by atoms with Crippen molar-refractivity contribution in [1.82, 2.24) is 0 Å². The van der Waals surface area contributed by atoms with Gasteiger partial charge in [-0.2, -0.15) is 5.11 Å². The summed E-state index contributed by atoms with van der Waals surface area (Å²) in [5, 5.41) is 24.1. The Kier molecular flexibility index (Phi) is 5.99. The lowest BCUT2D eigenvalue weighted by Gasteiger charge is -2.14. The van der Waals surface area contributed by atoms with E-state index in [2.05, 4.69) is 20.9 Å². The Hall–Kier alpha value is -3.83. The molecule has 3 rings (SSSR count). The van der Waals surface area contributed by atoms with Crippen molar-refractivity contribution in [1.29, 1.82) is 0 Å². The molecule has 0 radical (unpaired) electrons. The first kappa shape index (κ1) is 21.9. The molecule has 0 spiro atoms. The summed E-state index contributed by atoms with van der Waals surface area (Å²) in [6, 6.07) is 11.4. The second-order valence-corrected chi connectivity index (χ2v) is 7.95. The normalized spacial score (nSPS) is 11.6. The highest BCUT2D eigenvalue weighted by atomic mass is 32.2. The summed E-state index contributed by atoms with van der Waals surface area (Å²) in [6.07, 6.45) is 0. The number of hydrogen-bond donors (Lipinski definition) is 3. The van der Waals surface area contributed by atoms with Gasteiger partial charge in [-0.05, 0) is 47.9 Å². The summed E-state index contributed by atoms with van der Waals surface area (Å²) in [4.78, 5) is 22.1. The first-order valence-electron chi connectivity index (χ1n) is 8.87. The van der Waals surface area contributed by atoms with Crippen molar-refractivity contribution < 1.29 is 27.7 Å². The van der Waals surface area contributed by atoms with Gasteiger partial charge in [-0.15, -0.1) is 5.11 Å². The largest absolute Gasteiger partial charge is 0.744 e. The molecule has 3 aromatic rings.